The third-order valence-electron chi connectivity index (χ3n) is 0.814. The summed E-state index contributed by atoms with van der Waals surface area (Å²) in [5.74, 6) is 0. The van der Waals surface area contributed by atoms with Gasteiger partial charge in [0, 0.05) is 18.3 Å². The van der Waals surface area contributed by atoms with Crippen LogP contribution in [0.4, 0.5) is 0 Å². The lowest BCUT2D eigenvalue weighted by atomic mass is 10.4. The van der Waals surface area contributed by atoms with Crippen LogP contribution in [0.1, 0.15) is 27.2 Å². The first-order chi connectivity index (χ1) is 3.89. The molecule has 0 saturated heterocycles. The molecule has 46 valence electrons. The van der Waals surface area contributed by atoms with Crippen LogP contribution in [0.15, 0.2) is 16.8 Å². The Bertz CT molecular complexity index is 98.2. The van der Waals surface area contributed by atoms with Crippen LogP contribution in [0, 0.1) is 0 Å². The fraction of sp³-hybridized carbons (Fsp3) is 0.571. The van der Waals surface area contributed by atoms with Crippen LogP contribution in [0.3, 0.4) is 0 Å². The van der Waals surface area contributed by atoms with Crippen LogP contribution in [0.5, 0.6) is 0 Å². The van der Waals surface area contributed by atoms with Crippen LogP contribution in [0.2, 0.25) is 0 Å². The Morgan fingerprint density at radius 3 is 2.25 bits per heavy atom. The Labute approximate surface area is 51.1 Å². The van der Waals surface area contributed by atoms with Crippen molar-refractivity contribution in [3.63, 3.8) is 0 Å². The quantitative estimate of drug-likeness (QED) is 0.455. The van der Waals surface area contributed by atoms with Crippen LogP contribution in [-0.2, 0) is 0 Å². The molecule has 1 heterocycles. The predicted molar refractivity (Wildman–Crippen MR) is 38.2 cm³/mol. The molecule has 1 heteroatoms. The largest absolute Gasteiger partial charge is 0.266 e. The van der Waals surface area contributed by atoms with E-state index in [2.05, 4.69) is 11.1 Å². The molecule has 0 aromatic carbocycles. The molecule has 0 fully saturated rings. The normalized spacial score (nSPS) is 14.6. The van der Waals surface area contributed by atoms with Gasteiger partial charge in [-0.25, -0.2) is 0 Å². The lowest BCUT2D eigenvalue weighted by molar-refractivity contribution is 1.34. The van der Waals surface area contributed by atoms with Crippen LogP contribution in [0.25, 0.3) is 0 Å². The number of aliphatic imine (C=N–C) groups is 1. The van der Waals surface area contributed by atoms with Gasteiger partial charge in [-0.2, -0.15) is 0 Å². The molecule has 0 spiro atoms. The molecule has 1 aliphatic heterocycles. The Morgan fingerprint density at radius 2 is 2.12 bits per heavy atom. The van der Waals surface area contributed by atoms with Crippen molar-refractivity contribution in [3.05, 3.63) is 11.8 Å². The second-order valence-corrected chi connectivity index (χ2v) is 1.39. The Hall–Kier alpha value is -0.590. The van der Waals surface area contributed by atoms with Gasteiger partial charge in [-0.15, -0.1) is 0 Å². The minimum Gasteiger partial charge on any atom is -0.266 e. The minimum absolute atomic E-state index is 1.03. The van der Waals surface area contributed by atoms with E-state index >= 15 is 0 Å². The van der Waals surface area contributed by atoms with Gasteiger partial charge in [0.2, 0.25) is 0 Å². The monoisotopic (exact) mass is 111 g/mol. The maximum absolute atomic E-state index is 3.97. The molecule has 1 aliphatic rings. The highest BCUT2D eigenvalue weighted by molar-refractivity contribution is 5.64. The van der Waals surface area contributed by atoms with Gasteiger partial charge >= 0.3 is 0 Å². The number of rotatable bonds is 0. The molecule has 0 amide bonds. The summed E-state index contributed by atoms with van der Waals surface area (Å²) >= 11 is 0. The molecule has 0 N–H and O–H groups in total. The van der Waals surface area contributed by atoms with Gasteiger partial charge < -0.3 is 0 Å². The zero-order chi connectivity index (χ0) is 6.41. The van der Waals surface area contributed by atoms with Crippen LogP contribution in [-0.4, -0.2) is 6.21 Å². The summed E-state index contributed by atoms with van der Waals surface area (Å²) in [4.78, 5) is 3.97. The third-order valence-corrected chi connectivity index (χ3v) is 0.814. The Kier molecular flexibility index (Phi) is 4.23. The SMILES string of the molecule is CC.CC1=CCC=N1. The van der Waals surface area contributed by atoms with E-state index in [1.165, 1.54) is 0 Å². The zero-order valence-corrected chi connectivity index (χ0v) is 5.81. The summed E-state index contributed by atoms with van der Waals surface area (Å²) in [6.45, 7) is 6.00. The van der Waals surface area contributed by atoms with Crippen molar-refractivity contribution in [1.82, 2.24) is 0 Å². The maximum atomic E-state index is 3.97. The van der Waals surface area contributed by atoms with Gasteiger partial charge in [0.05, 0.1) is 0 Å². The minimum atomic E-state index is 1.03. The zero-order valence-electron chi connectivity index (χ0n) is 5.81. The van der Waals surface area contributed by atoms with Gasteiger partial charge in [-0.3, -0.25) is 4.99 Å². The van der Waals surface area contributed by atoms with E-state index in [0.717, 1.165) is 12.1 Å². The summed E-state index contributed by atoms with van der Waals surface area (Å²) in [5, 5.41) is 0. The Morgan fingerprint density at radius 1 is 1.50 bits per heavy atom. The molecule has 0 radical (unpaired) electrons. The van der Waals surface area contributed by atoms with E-state index in [1.807, 2.05) is 27.0 Å². The second kappa shape index (κ2) is 4.57. The van der Waals surface area contributed by atoms with Crippen molar-refractivity contribution in [1.29, 1.82) is 0 Å². The molecular formula is C7H13N. The highest BCUT2D eigenvalue weighted by Gasteiger charge is 1.85. The van der Waals surface area contributed by atoms with E-state index in [-0.39, 0.29) is 0 Å². The van der Waals surface area contributed by atoms with E-state index < -0.39 is 0 Å². The van der Waals surface area contributed by atoms with Crippen LogP contribution < -0.4 is 0 Å². The molecular weight excluding hydrogens is 98.1 g/mol. The molecule has 1 nitrogen and oxygen atoms in total. The lowest BCUT2D eigenvalue weighted by Gasteiger charge is -1.72. The summed E-state index contributed by atoms with van der Waals surface area (Å²) in [6.07, 6.45) is 5.04. The maximum Gasteiger partial charge on any atom is 0.0332 e. The molecule has 0 aliphatic carbocycles. The predicted octanol–water partition coefficient (Wildman–Crippen LogP) is 2.39. The molecule has 0 saturated carbocycles. The molecule has 0 bridgehead atoms. The number of hydrogen-bond acceptors (Lipinski definition) is 1. The molecule has 0 aromatic rings. The Balaban J connectivity index is 0.000000222. The van der Waals surface area contributed by atoms with Gasteiger partial charge in [0.15, 0.2) is 0 Å². The van der Waals surface area contributed by atoms with Gasteiger partial charge in [-0.05, 0) is 6.92 Å². The van der Waals surface area contributed by atoms with E-state index in [4.69, 9.17) is 0 Å². The van der Waals surface area contributed by atoms with E-state index in [9.17, 15) is 0 Å². The highest BCUT2D eigenvalue weighted by atomic mass is 14.7. The standard InChI is InChI=1S/C5H7N.C2H6/c1-5-3-2-4-6-5;1-2/h3-4H,2H2,1H3;1-2H3. The average Bonchev–Trinajstić information content (AvgIpc) is 2.24. The fourth-order valence-corrected chi connectivity index (χ4v) is 0.473. The molecule has 0 aromatic heterocycles. The van der Waals surface area contributed by atoms with E-state index in [0.29, 0.717) is 0 Å². The third kappa shape index (κ3) is 2.56. The summed E-state index contributed by atoms with van der Waals surface area (Å²) in [5.41, 5.74) is 1.15. The summed E-state index contributed by atoms with van der Waals surface area (Å²) < 4.78 is 0. The second-order valence-electron chi connectivity index (χ2n) is 1.39. The summed E-state index contributed by atoms with van der Waals surface area (Å²) in [7, 11) is 0. The van der Waals surface area contributed by atoms with E-state index in [1.54, 1.807) is 0 Å². The number of allylic oxidation sites excluding steroid dienone is 2. The van der Waals surface area contributed by atoms with Crippen molar-refractivity contribution in [2.75, 3.05) is 0 Å². The molecule has 0 atom stereocenters. The van der Waals surface area contributed by atoms with Gasteiger partial charge in [0.1, 0.15) is 0 Å². The molecule has 0 unspecified atom stereocenters. The molecule has 1 rings (SSSR count). The lowest BCUT2D eigenvalue weighted by Crippen LogP contribution is -1.52. The van der Waals surface area contributed by atoms with Crippen molar-refractivity contribution in [2.45, 2.75) is 27.2 Å². The van der Waals surface area contributed by atoms with Crippen molar-refractivity contribution < 1.29 is 0 Å². The molecule has 8 heavy (non-hydrogen) atoms. The van der Waals surface area contributed by atoms with Crippen molar-refractivity contribution in [3.8, 4) is 0 Å². The van der Waals surface area contributed by atoms with Crippen molar-refractivity contribution >= 4 is 6.21 Å². The summed E-state index contributed by atoms with van der Waals surface area (Å²) in [6, 6.07) is 0. The average molecular weight is 111 g/mol. The number of nitrogens with zero attached hydrogens (tertiary/aromatic N) is 1. The first-order valence-electron chi connectivity index (χ1n) is 3.09. The first-order valence-corrected chi connectivity index (χ1v) is 3.09. The van der Waals surface area contributed by atoms with Crippen molar-refractivity contribution in [2.24, 2.45) is 4.99 Å². The number of hydrogen-bond donors (Lipinski definition) is 0. The first kappa shape index (κ1) is 7.41. The fourth-order valence-electron chi connectivity index (χ4n) is 0.473. The van der Waals surface area contributed by atoms with Crippen LogP contribution >= 0.6 is 0 Å². The van der Waals surface area contributed by atoms with Gasteiger partial charge in [-0.1, -0.05) is 19.9 Å². The highest BCUT2D eigenvalue weighted by Crippen LogP contribution is 2.00. The van der Waals surface area contributed by atoms with Gasteiger partial charge in [0.25, 0.3) is 0 Å². The smallest absolute Gasteiger partial charge is 0.0332 e. The topological polar surface area (TPSA) is 12.4 Å².